The first kappa shape index (κ1) is 26.2. The van der Waals surface area contributed by atoms with Crippen molar-refractivity contribution in [1.82, 2.24) is 24.8 Å². The number of fused-ring (bicyclic) bond motifs is 6. The highest BCUT2D eigenvalue weighted by molar-refractivity contribution is 6.30. The molecule has 0 saturated carbocycles. The van der Waals surface area contributed by atoms with Crippen molar-refractivity contribution in [2.75, 3.05) is 37.8 Å². The van der Waals surface area contributed by atoms with Crippen molar-refractivity contribution >= 4 is 34.4 Å². The van der Waals surface area contributed by atoms with Crippen LogP contribution in [-0.4, -0.2) is 106 Å². The van der Waals surface area contributed by atoms with E-state index in [-0.39, 0.29) is 52.8 Å². The number of hydrogen-bond acceptors (Lipinski definition) is 10. The summed E-state index contributed by atoms with van der Waals surface area (Å²) < 4.78 is 39.2. The second-order valence-corrected chi connectivity index (χ2v) is 12.8. The van der Waals surface area contributed by atoms with Gasteiger partial charge in [-0.05, 0) is 47.0 Å². The molecule has 0 N–H and O–H groups in total. The number of nitrogens with zero attached hydrogens (tertiary/aromatic N) is 6. The molecule has 2 aromatic heterocycles. The molecular formula is C27H34ClFN6O5. The van der Waals surface area contributed by atoms with E-state index in [0.29, 0.717) is 37.0 Å². The van der Waals surface area contributed by atoms with Gasteiger partial charge in [-0.25, -0.2) is 9.18 Å². The molecule has 0 radical (unpaired) electrons. The van der Waals surface area contributed by atoms with Crippen LogP contribution in [-0.2, 0) is 9.47 Å². The minimum absolute atomic E-state index is 0.0163. The van der Waals surface area contributed by atoms with Gasteiger partial charge in [0.05, 0.1) is 31.3 Å². The lowest BCUT2D eigenvalue weighted by Crippen LogP contribution is -2.65. The number of amides is 1. The van der Waals surface area contributed by atoms with Crippen LogP contribution in [0.3, 0.4) is 0 Å². The third-order valence-corrected chi connectivity index (χ3v) is 8.98. The lowest BCUT2D eigenvalue weighted by Gasteiger charge is -2.50. The summed E-state index contributed by atoms with van der Waals surface area (Å²) in [7, 11) is 0. The Morgan fingerprint density at radius 1 is 1.20 bits per heavy atom. The molecule has 5 aliphatic heterocycles. The van der Waals surface area contributed by atoms with Gasteiger partial charge in [-0.1, -0.05) is 11.6 Å². The summed E-state index contributed by atoms with van der Waals surface area (Å²) in [5.41, 5.74) is -0.594. The zero-order chi connectivity index (χ0) is 27.9. The molecule has 7 rings (SSSR count). The van der Waals surface area contributed by atoms with Gasteiger partial charge in [-0.2, -0.15) is 15.0 Å². The average molecular weight is 577 g/mol. The maximum absolute atomic E-state index is 15.4. The second-order valence-electron chi connectivity index (χ2n) is 12.4. The largest absolute Gasteiger partial charge is 0.472 e. The fourth-order valence-corrected chi connectivity index (χ4v) is 7.22. The van der Waals surface area contributed by atoms with Gasteiger partial charge in [0.25, 0.3) is 0 Å². The molecule has 216 valence electrons. The molecule has 0 aliphatic carbocycles. The lowest BCUT2D eigenvalue weighted by molar-refractivity contribution is -0.105. The Kier molecular flexibility index (Phi) is 6.17. The van der Waals surface area contributed by atoms with Gasteiger partial charge in [0.1, 0.15) is 35.0 Å². The lowest BCUT2D eigenvalue weighted by atomic mass is 9.93. The number of rotatable bonds is 3. The quantitative estimate of drug-likeness (QED) is 0.505. The third kappa shape index (κ3) is 4.21. The van der Waals surface area contributed by atoms with E-state index in [2.05, 4.69) is 19.8 Å². The fourth-order valence-electron chi connectivity index (χ4n) is 7.05. The van der Waals surface area contributed by atoms with Gasteiger partial charge < -0.3 is 23.8 Å². The van der Waals surface area contributed by atoms with Crippen LogP contribution < -0.4 is 14.4 Å². The number of carbonyl (C=O) groups is 1. The van der Waals surface area contributed by atoms with Crippen LogP contribution in [0.15, 0.2) is 0 Å². The van der Waals surface area contributed by atoms with Crippen LogP contribution in [0.1, 0.15) is 47.0 Å². The van der Waals surface area contributed by atoms with Gasteiger partial charge in [-0.3, -0.25) is 9.80 Å². The predicted octanol–water partition coefficient (Wildman–Crippen LogP) is 3.41. The molecule has 7 heterocycles. The standard InChI is InChI=1S/C27H34ClFN6O5/c1-13-21-17-6-5-14(35(17)26(36)40-27(2,3)4)10-34(21)23-18-20(19(29)22(28)31-24(18)39-13)30-25(32-23)38-12-16-9-15-11-37-8-7-33(15)16/h13-17,21H,5-12H2,1-4H3/t13-,14+,15?,16?,17-,21+/m0/s1. The first-order valence-corrected chi connectivity index (χ1v) is 14.4. The van der Waals surface area contributed by atoms with E-state index in [1.165, 1.54) is 0 Å². The van der Waals surface area contributed by atoms with Crippen LogP contribution in [0.2, 0.25) is 5.15 Å². The Morgan fingerprint density at radius 3 is 2.80 bits per heavy atom. The maximum atomic E-state index is 15.4. The van der Waals surface area contributed by atoms with Crippen molar-refractivity contribution in [3.8, 4) is 11.9 Å². The number of carbonyl (C=O) groups excluding carboxylic acids is 1. The smallest absolute Gasteiger partial charge is 0.410 e. The van der Waals surface area contributed by atoms with Crippen molar-refractivity contribution in [3.05, 3.63) is 11.0 Å². The highest BCUT2D eigenvalue weighted by Gasteiger charge is 2.54. The van der Waals surface area contributed by atoms with Crippen LogP contribution in [0.4, 0.5) is 15.0 Å². The van der Waals surface area contributed by atoms with Crippen LogP contribution in [0.5, 0.6) is 11.9 Å². The topological polar surface area (TPSA) is 102 Å². The summed E-state index contributed by atoms with van der Waals surface area (Å²) in [4.78, 5) is 33.1. The minimum atomic E-state index is -0.740. The Bertz CT molecular complexity index is 1360. The molecule has 5 aliphatic rings. The van der Waals surface area contributed by atoms with E-state index in [9.17, 15) is 4.79 Å². The van der Waals surface area contributed by atoms with Crippen molar-refractivity contribution < 1.29 is 28.1 Å². The van der Waals surface area contributed by atoms with E-state index < -0.39 is 17.5 Å². The normalized spacial score (nSPS) is 31.1. The summed E-state index contributed by atoms with van der Waals surface area (Å²) in [6.07, 6.45) is 1.84. The molecule has 2 unspecified atom stereocenters. The second kappa shape index (κ2) is 9.42. The molecule has 11 nitrogen and oxygen atoms in total. The van der Waals surface area contributed by atoms with Crippen molar-refractivity contribution in [2.24, 2.45) is 0 Å². The van der Waals surface area contributed by atoms with Gasteiger partial charge >= 0.3 is 12.1 Å². The van der Waals surface area contributed by atoms with Gasteiger partial charge in [0, 0.05) is 25.2 Å². The fraction of sp³-hybridized carbons (Fsp3) is 0.704. The number of piperazine rings is 1. The predicted molar refractivity (Wildman–Crippen MR) is 144 cm³/mol. The Balaban J connectivity index is 1.25. The first-order valence-electron chi connectivity index (χ1n) is 14.1. The molecule has 2 bridgehead atoms. The molecule has 2 aromatic rings. The molecule has 40 heavy (non-hydrogen) atoms. The van der Waals surface area contributed by atoms with Gasteiger partial charge in [0.2, 0.25) is 5.88 Å². The number of ether oxygens (including phenoxy) is 4. The Hall–Kier alpha value is -2.70. The van der Waals surface area contributed by atoms with E-state index >= 15 is 4.39 Å². The highest BCUT2D eigenvalue weighted by atomic mass is 35.5. The minimum Gasteiger partial charge on any atom is -0.472 e. The summed E-state index contributed by atoms with van der Waals surface area (Å²) in [5.74, 6) is -0.0680. The van der Waals surface area contributed by atoms with Crippen molar-refractivity contribution in [3.63, 3.8) is 0 Å². The zero-order valence-electron chi connectivity index (χ0n) is 23.1. The number of aromatic nitrogens is 3. The Labute approximate surface area is 236 Å². The summed E-state index contributed by atoms with van der Waals surface area (Å²) in [6.45, 7) is 10.7. The molecule has 1 amide bonds. The molecule has 4 saturated heterocycles. The van der Waals surface area contributed by atoms with Gasteiger partial charge in [-0.15, -0.1) is 0 Å². The van der Waals surface area contributed by atoms with Crippen molar-refractivity contribution in [2.45, 2.75) is 88.9 Å². The number of hydrogen-bond donors (Lipinski definition) is 0. The summed E-state index contributed by atoms with van der Waals surface area (Å²) in [5, 5.41) is 0.0443. The van der Waals surface area contributed by atoms with E-state index in [1.54, 1.807) is 0 Å². The van der Waals surface area contributed by atoms with Crippen molar-refractivity contribution in [1.29, 1.82) is 0 Å². The molecular weight excluding hydrogens is 543 g/mol. The summed E-state index contributed by atoms with van der Waals surface area (Å²) in [6, 6.07) is 0.206. The average Bonchev–Trinajstić information content (AvgIpc) is 3.13. The van der Waals surface area contributed by atoms with Crippen LogP contribution >= 0.6 is 11.6 Å². The van der Waals surface area contributed by atoms with E-state index in [4.69, 9.17) is 35.5 Å². The van der Waals surface area contributed by atoms with Crippen LogP contribution in [0.25, 0.3) is 10.9 Å². The maximum Gasteiger partial charge on any atom is 0.410 e. The number of morpholine rings is 1. The Morgan fingerprint density at radius 2 is 2.02 bits per heavy atom. The molecule has 6 atom stereocenters. The number of pyridine rings is 1. The van der Waals surface area contributed by atoms with Crippen LogP contribution in [0, 0.1) is 5.82 Å². The molecule has 4 fully saturated rings. The SMILES string of the molecule is C[C@@H]1Oc2nc(Cl)c(F)c3nc(OCC4CC5COCCN54)nc(c23)N2C[C@H]3CC[C@@H]([C@@H]12)N3C(=O)OC(C)(C)C. The molecule has 0 aromatic carbocycles. The highest BCUT2D eigenvalue weighted by Crippen LogP contribution is 2.46. The monoisotopic (exact) mass is 576 g/mol. The van der Waals surface area contributed by atoms with Gasteiger partial charge in [0.15, 0.2) is 11.0 Å². The zero-order valence-corrected chi connectivity index (χ0v) is 23.9. The number of halogens is 2. The van der Waals surface area contributed by atoms with E-state index in [1.807, 2.05) is 32.6 Å². The summed E-state index contributed by atoms with van der Waals surface area (Å²) >= 11 is 6.21. The number of anilines is 1. The third-order valence-electron chi connectivity index (χ3n) is 8.73. The van der Waals surface area contributed by atoms with E-state index in [0.717, 1.165) is 32.4 Å². The first-order chi connectivity index (χ1) is 19.1. The molecule has 13 heteroatoms. The molecule has 0 spiro atoms.